The van der Waals surface area contributed by atoms with Crippen molar-refractivity contribution in [3.63, 3.8) is 0 Å². The van der Waals surface area contributed by atoms with E-state index in [4.69, 9.17) is 30.7 Å². The molecule has 0 spiro atoms. The number of carbonyl (C=O) groups excluding carboxylic acids is 1. The molecule has 0 unspecified atom stereocenters. The second-order valence-corrected chi connectivity index (χ2v) is 14.6. The first-order valence-corrected chi connectivity index (χ1v) is 18.1. The van der Waals surface area contributed by atoms with Crippen molar-refractivity contribution < 1.29 is 22.7 Å². The van der Waals surface area contributed by atoms with E-state index in [1.165, 1.54) is 30.6 Å². The molecule has 2 atom stereocenters. The first-order valence-electron chi connectivity index (χ1n) is 16.9. The van der Waals surface area contributed by atoms with Crippen molar-refractivity contribution in [3.05, 3.63) is 105 Å². The Labute approximate surface area is 300 Å². The van der Waals surface area contributed by atoms with Gasteiger partial charge in [0.15, 0.2) is 11.6 Å². The maximum Gasteiger partial charge on any atom is 0.257 e. The standard InChI is InChI=1S/C38H31ClF2N6O3S/c1-18-45-46-37(50-18)29-26(11-7-19-5-8-21(40)9-6-19)43-33-27-4-3-15-47(27)38(48)31(33)30(29)28-16-20-13-14-42-36(35(20)51-28)44-25-12-10-22-23(25)17-24(39)34(49-2)32(22)41/h5-6,8-9,13-14,16-17,25,27H,3-4,7,10-12,15H2,1-2H3,(H,42,44)/t25-,27+/m1/s1. The Bertz CT molecular complexity index is 2380. The molecule has 1 saturated heterocycles. The number of benzene rings is 2. The Balaban J connectivity index is 1.19. The second kappa shape index (κ2) is 12.4. The summed E-state index contributed by atoms with van der Waals surface area (Å²) in [4.78, 5) is 26.9. The van der Waals surface area contributed by atoms with Gasteiger partial charge in [0.05, 0.1) is 51.4 Å². The van der Waals surface area contributed by atoms with Crippen molar-refractivity contribution in [3.8, 4) is 27.6 Å². The molecule has 1 amide bonds. The van der Waals surface area contributed by atoms with Crippen LogP contribution in [0.25, 0.3) is 32.0 Å². The molecule has 9 rings (SSSR count). The SMILES string of the molecule is COc1c(Cl)cc2c(c1F)CC[C@H]2Nc1nccc2cc(-c3c4c(nc(CCc5ccc(F)cc5)c3-c3nnc(C)o3)[C@@H]3CCCN3C4=O)sc12. The third-order valence-corrected chi connectivity index (χ3v) is 11.7. The van der Waals surface area contributed by atoms with E-state index < -0.39 is 5.82 Å². The number of carbonyl (C=O) groups is 1. The topological polar surface area (TPSA) is 106 Å². The number of anilines is 1. The number of amides is 1. The molecule has 4 aromatic heterocycles. The van der Waals surface area contributed by atoms with Crippen LogP contribution in [-0.2, 0) is 19.3 Å². The number of thiophene rings is 1. The van der Waals surface area contributed by atoms with Crippen LogP contribution in [0.1, 0.15) is 75.7 Å². The minimum Gasteiger partial charge on any atom is -0.492 e. The van der Waals surface area contributed by atoms with Crippen LogP contribution in [0, 0.1) is 18.6 Å². The van der Waals surface area contributed by atoms with Gasteiger partial charge in [0.2, 0.25) is 11.8 Å². The van der Waals surface area contributed by atoms with Crippen molar-refractivity contribution in [1.82, 2.24) is 25.1 Å². The normalized spacial score (nSPS) is 17.7. The van der Waals surface area contributed by atoms with Gasteiger partial charge in [-0.25, -0.2) is 13.8 Å². The highest BCUT2D eigenvalue weighted by Crippen LogP contribution is 2.51. The number of halogens is 3. The lowest BCUT2D eigenvalue weighted by molar-refractivity contribution is 0.0776. The minimum absolute atomic E-state index is 0.0524. The summed E-state index contributed by atoms with van der Waals surface area (Å²) in [5, 5.41) is 13.3. The van der Waals surface area contributed by atoms with Crippen molar-refractivity contribution in [2.75, 3.05) is 19.0 Å². The Kier molecular flexibility index (Phi) is 7.77. The molecule has 1 N–H and O–H groups in total. The monoisotopic (exact) mass is 724 g/mol. The molecule has 258 valence electrons. The molecule has 6 heterocycles. The van der Waals surface area contributed by atoms with E-state index in [0.29, 0.717) is 60.6 Å². The lowest BCUT2D eigenvalue weighted by Crippen LogP contribution is -2.22. The predicted octanol–water partition coefficient (Wildman–Crippen LogP) is 8.83. The Morgan fingerprint density at radius 3 is 2.71 bits per heavy atom. The van der Waals surface area contributed by atoms with Gasteiger partial charge in [0, 0.05) is 30.1 Å². The van der Waals surface area contributed by atoms with Crippen LogP contribution in [0.5, 0.6) is 5.75 Å². The van der Waals surface area contributed by atoms with Crippen LogP contribution >= 0.6 is 22.9 Å². The van der Waals surface area contributed by atoms with E-state index in [1.807, 2.05) is 11.0 Å². The summed E-state index contributed by atoms with van der Waals surface area (Å²) in [6.45, 7) is 2.40. The van der Waals surface area contributed by atoms with Crippen LogP contribution in [0.15, 0.2) is 53.1 Å². The van der Waals surface area contributed by atoms with Crippen LogP contribution in [0.3, 0.4) is 0 Å². The number of ether oxygens (including phenoxy) is 1. The molecule has 13 heteroatoms. The largest absolute Gasteiger partial charge is 0.492 e. The maximum absolute atomic E-state index is 15.3. The molecular weight excluding hydrogens is 694 g/mol. The summed E-state index contributed by atoms with van der Waals surface area (Å²) in [6, 6.07) is 11.9. The van der Waals surface area contributed by atoms with E-state index in [-0.39, 0.29) is 40.5 Å². The first-order chi connectivity index (χ1) is 24.8. The Morgan fingerprint density at radius 2 is 1.92 bits per heavy atom. The summed E-state index contributed by atoms with van der Waals surface area (Å²) in [7, 11) is 1.41. The number of hydrogen-bond acceptors (Lipinski definition) is 9. The zero-order valence-corrected chi connectivity index (χ0v) is 29.3. The highest BCUT2D eigenvalue weighted by Gasteiger charge is 2.45. The smallest absolute Gasteiger partial charge is 0.257 e. The fourth-order valence-corrected chi connectivity index (χ4v) is 9.32. The minimum atomic E-state index is -0.426. The van der Waals surface area contributed by atoms with E-state index in [9.17, 15) is 9.18 Å². The predicted molar refractivity (Wildman–Crippen MR) is 190 cm³/mol. The zero-order chi connectivity index (χ0) is 35.0. The first kappa shape index (κ1) is 32.0. The molecule has 9 nitrogen and oxygen atoms in total. The molecule has 6 aromatic rings. The quantitative estimate of drug-likeness (QED) is 0.166. The third-order valence-electron chi connectivity index (χ3n) is 10.2. The second-order valence-electron chi connectivity index (χ2n) is 13.2. The van der Waals surface area contributed by atoms with Gasteiger partial charge in [-0.15, -0.1) is 21.5 Å². The number of nitrogens with one attached hydrogen (secondary N) is 1. The average Bonchev–Trinajstić information content (AvgIpc) is 3.96. The number of methoxy groups -OCH3 is 1. The van der Waals surface area contributed by atoms with E-state index in [0.717, 1.165) is 55.9 Å². The molecule has 0 radical (unpaired) electrons. The number of pyridine rings is 2. The van der Waals surface area contributed by atoms with Crippen LogP contribution in [-0.4, -0.2) is 44.6 Å². The molecular formula is C38H31ClF2N6O3S. The summed E-state index contributed by atoms with van der Waals surface area (Å²) in [6.07, 6.45) is 5.80. The highest BCUT2D eigenvalue weighted by molar-refractivity contribution is 7.23. The Morgan fingerprint density at radius 1 is 1.08 bits per heavy atom. The number of hydrogen-bond donors (Lipinski definition) is 1. The van der Waals surface area contributed by atoms with Crippen molar-refractivity contribution >= 4 is 44.7 Å². The van der Waals surface area contributed by atoms with Crippen LogP contribution in [0.2, 0.25) is 5.02 Å². The van der Waals surface area contributed by atoms with Crippen LogP contribution in [0.4, 0.5) is 14.6 Å². The number of aryl methyl sites for hydroxylation is 3. The van der Waals surface area contributed by atoms with Crippen molar-refractivity contribution in [1.29, 1.82) is 0 Å². The van der Waals surface area contributed by atoms with Gasteiger partial charge in [0.25, 0.3) is 5.91 Å². The molecule has 3 aliphatic rings. The number of rotatable bonds is 8. The number of aromatic nitrogens is 4. The van der Waals surface area contributed by atoms with Gasteiger partial charge in [-0.1, -0.05) is 23.7 Å². The average molecular weight is 725 g/mol. The highest BCUT2D eigenvalue weighted by atomic mass is 35.5. The van der Waals surface area contributed by atoms with E-state index >= 15 is 4.39 Å². The van der Waals surface area contributed by atoms with E-state index in [2.05, 4.69) is 21.6 Å². The molecule has 2 aliphatic heterocycles. The van der Waals surface area contributed by atoms with E-state index in [1.54, 1.807) is 31.3 Å². The Hall–Kier alpha value is -4.94. The third kappa shape index (κ3) is 5.26. The van der Waals surface area contributed by atoms with Gasteiger partial charge < -0.3 is 19.4 Å². The molecule has 2 aromatic carbocycles. The molecule has 0 bridgehead atoms. The van der Waals surface area contributed by atoms with Gasteiger partial charge in [-0.05, 0) is 90.9 Å². The van der Waals surface area contributed by atoms with Gasteiger partial charge in [-0.2, -0.15) is 0 Å². The lowest BCUT2D eigenvalue weighted by atomic mass is 9.93. The summed E-state index contributed by atoms with van der Waals surface area (Å²) >= 11 is 7.92. The molecule has 51 heavy (non-hydrogen) atoms. The number of fused-ring (bicyclic) bond motifs is 5. The van der Waals surface area contributed by atoms with Crippen molar-refractivity contribution in [2.45, 2.75) is 57.5 Å². The molecule has 1 fully saturated rings. The summed E-state index contributed by atoms with van der Waals surface area (Å²) in [5.74, 6) is 0.623. The zero-order valence-electron chi connectivity index (χ0n) is 27.7. The fourth-order valence-electron chi connectivity index (χ4n) is 7.88. The molecule has 1 aliphatic carbocycles. The van der Waals surface area contributed by atoms with Crippen molar-refractivity contribution in [2.24, 2.45) is 0 Å². The van der Waals surface area contributed by atoms with Gasteiger partial charge in [-0.3, -0.25) is 9.78 Å². The summed E-state index contributed by atoms with van der Waals surface area (Å²) in [5.41, 5.74) is 5.76. The lowest BCUT2D eigenvalue weighted by Gasteiger charge is -2.17. The van der Waals surface area contributed by atoms with Crippen LogP contribution < -0.4 is 10.1 Å². The summed E-state index contributed by atoms with van der Waals surface area (Å²) < 4.78 is 41.2. The maximum atomic E-state index is 15.3. The molecule has 0 saturated carbocycles. The number of nitrogens with zero attached hydrogens (tertiary/aromatic N) is 5. The fraction of sp³-hybridized carbons (Fsp3) is 0.289. The van der Waals surface area contributed by atoms with Gasteiger partial charge >= 0.3 is 0 Å². The van der Waals surface area contributed by atoms with Gasteiger partial charge in [0.1, 0.15) is 11.6 Å².